The van der Waals surface area contributed by atoms with Gasteiger partial charge < -0.3 is 18.6 Å². The Morgan fingerprint density at radius 3 is 1.36 bits per heavy atom. The summed E-state index contributed by atoms with van der Waals surface area (Å²) in [5.74, 6) is 0. The maximum atomic E-state index is 8.07. The first-order valence-corrected chi connectivity index (χ1v) is 19.3. The Labute approximate surface area is 270 Å². The van der Waals surface area contributed by atoms with Crippen molar-refractivity contribution in [2.24, 2.45) is 0 Å². The molecule has 2 saturated carbocycles. The Balaban J connectivity index is 1.57. The summed E-state index contributed by atoms with van der Waals surface area (Å²) in [6.45, 7) is 17.0. The molecule has 4 aliphatic rings. The zero-order valence-electron chi connectivity index (χ0n) is 28.6. The van der Waals surface area contributed by atoms with Crippen LogP contribution in [0.1, 0.15) is 120 Å². The van der Waals surface area contributed by atoms with E-state index in [4.69, 9.17) is 26.2 Å². The summed E-state index contributed by atoms with van der Waals surface area (Å²) in [5.41, 5.74) is 3.72. The SMILES string of the molecule is [B][P+](c1ccccc1-c1c(B2OC(C)(C)C(C)(C)O2)cccc1B1OC(C)(C)C(C)(C)O1)(C1CCCCC1)C1CCCCC1. The summed E-state index contributed by atoms with van der Waals surface area (Å²) < 4.78 is 27.0. The van der Waals surface area contributed by atoms with Crippen LogP contribution < -0.4 is 16.2 Å². The van der Waals surface area contributed by atoms with Gasteiger partial charge in [0.15, 0.2) is 0 Å². The van der Waals surface area contributed by atoms with Crippen LogP contribution in [0.15, 0.2) is 42.5 Å². The van der Waals surface area contributed by atoms with Crippen LogP contribution in [0.25, 0.3) is 11.1 Å². The lowest BCUT2D eigenvalue weighted by atomic mass is 9.66. The molecule has 4 nitrogen and oxygen atoms in total. The normalized spacial score (nSPS) is 25.5. The van der Waals surface area contributed by atoms with Gasteiger partial charge in [0.2, 0.25) is 0 Å². The van der Waals surface area contributed by atoms with Gasteiger partial charge in [-0.05, 0) is 136 Å². The standard InChI is InChI=1S/C36H53B3O4P/c1-33(2)34(3,4)41-38(40-33)29-23-17-24-30(39-42-35(5,6)36(7,8)43-39)32(29)28-22-15-16-25-31(28)44(37,26-18-11-9-12-19-26)27-20-13-10-14-21-27/h15-17,22-27H,9-14,18-21H2,1-8H3/q+1. The van der Waals surface area contributed by atoms with Crippen LogP contribution in [-0.2, 0) is 18.6 Å². The summed E-state index contributed by atoms with van der Waals surface area (Å²) in [6.07, 6.45) is 12.8. The molecule has 0 N–H and O–H groups in total. The third-order valence-electron chi connectivity index (χ3n) is 12.1. The van der Waals surface area contributed by atoms with Gasteiger partial charge in [-0.1, -0.05) is 49.2 Å². The van der Waals surface area contributed by atoms with Crippen LogP contribution in [0.3, 0.4) is 0 Å². The zero-order chi connectivity index (χ0) is 31.5. The molecule has 0 spiro atoms. The fourth-order valence-electron chi connectivity index (χ4n) is 7.96. The first-order valence-electron chi connectivity index (χ1n) is 17.3. The van der Waals surface area contributed by atoms with Gasteiger partial charge in [0.25, 0.3) is 0 Å². The fraction of sp³-hybridized carbons (Fsp3) is 0.667. The number of benzene rings is 2. The first-order chi connectivity index (χ1) is 20.7. The second kappa shape index (κ2) is 11.9. The van der Waals surface area contributed by atoms with Crippen LogP contribution in [-0.4, -0.2) is 55.5 Å². The average Bonchev–Trinajstić information content (AvgIpc) is 3.36. The van der Waals surface area contributed by atoms with Crippen LogP contribution in [0.2, 0.25) is 0 Å². The van der Waals surface area contributed by atoms with Gasteiger partial charge >= 0.3 is 21.8 Å². The van der Waals surface area contributed by atoms with E-state index in [1.807, 2.05) is 0 Å². The lowest BCUT2D eigenvalue weighted by molar-refractivity contribution is 0.00578. The second-order valence-electron chi connectivity index (χ2n) is 15.9. The third-order valence-corrected chi connectivity index (χ3v) is 16.8. The summed E-state index contributed by atoms with van der Waals surface area (Å²) in [6, 6.07) is 15.6. The highest BCUT2D eigenvalue weighted by molar-refractivity contribution is 8.04. The molecular formula is C36H53B3O4P+. The van der Waals surface area contributed by atoms with Crippen molar-refractivity contribution >= 4 is 45.2 Å². The molecule has 2 heterocycles. The van der Waals surface area contributed by atoms with E-state index in [0.29, 0.717) is 11.3 Å². The van der Waals surface area contributed by atoms with Crippen molar-refractivity contribution in [3.63, 3.8) is 0 Å². The molecule has 2 radical (unpaired) electrons. The number of rotatable bonds is 6. The van der Waals surface area contributed by atoms with Gasteiger partial charge in [-0.2, -0.15) is 0 Å². The fourth-order valence-corrected chi connectivity index (χ4v) is 12.7. The molecule has 2 aliphatic heterocycles. The van der Waals surface area contributed by atoms with Crippen molar-refractivity contribution in [1.82, 2.24) is 0 Å². The van der Waals surface area contributed by atoms with Gasteiger partial charge in [-0.25, -0.2) is 0 Å². The molecule has 234 valence electrons. The lowest BCUT2D eigenvalue weighted by Gasteiger charge is -2.42. The van der Waals surface area contributed by atoms with Gasteiger partial charge in [-0.3, -0.25) is 0 Å². The van der Waals surface area contributed by atoms with Crippen molar-refractivity contribution in [2.45, 2.75) is 153 Å². The number of hydrogen-bond donors (Lipinski definition) is 0. The van der Waals surface area contributed by atoms with Crippen molar-refractivity contribution in [1.29, 1.82) is 0 Å². The van der Waals surface area contributed by atoms with E-state index >= 15 is 0 Å². The Morgan fingerprint density at radius 1 is 0.568 bits per heavy atom. The summed E-state index contributed by atoms with van der Waals surface area (Å²) in [5, 5.41) is 1.38. The second-order valence-corrected chi connectivity index (χ2v) is 19.5. The maximum Gasteiger partial charge on any atom is 0.495 e. The number of hydrogen-bond acceptors (Lipinski definition) is 4. The van der Waals surface area contributed by atoms with Gasteiger partial charge in [0.1, 0.15) is 0 Å². The molecule has 44 heavy (non-hydrogen) atoms. The zero-order valence-corrected chi connectivity index (χ0v) is 29.5. The van der Waals surface area contributed by atoms with Gasteiger partial charge in [-0.15, -0.1) is 0 Å². The minimum atomic E-state index is -2.04. The van der Waals surface area contributed by atoms with E-state index in [0.717, 1.165) is 16.5 Å². The van der Waals surface area contributed by atoms with Crippen LogP contribution in [0.5, 0.6) is 0 Å². The Kier molecular flexibility index (Phi) is 8.85. The quantitative estimate of drug-likeness (QED) is 0.253. The van der Waals surface area contributed by atoms with Crippen molar-refractivity contribution in [3.05, 3.63) is 42.5 Å². The molecule has 0 amide bonds. The highest BCUT2D eigenvalue weighted by atomic mass is 31.2. The van der Waals surface area contributed by atoms with Crippen molar-refractivity contribution < 1.29 is 18.6 Å². The van der Waals surface area contributed by atoms with Gasteiger partial charge in [0, 0.05) is 5.56 Å². The third kappa shape index (κ3) is 5.59. The van der Waals surface area contributed by atoms with E-state index < -0.39 is 43.8 Å². The summed E-state index contributed by atoms with van der Waals surface area (Å²) in [7, 11) is 5.00. The molecule has 2 aliphatic carbocycles. The Hall–Kier alpha value is -1.10. The average molecular weight is 613 g/mol. The predicted molar refractivity (Wildman–Crippen MR) is 189 cm³/mol. The monoisotopic (exact) mass is 613 g/mol. The summed E-state index contributed by atoms with van der Waals surface area (Å²) >= 11 is 0. The van der Waals surface area contributed by atoms with Crippen molar-refractivity contribution in [3.8, 4) is 11.1 Å². The Morgan fingerprint density at radius 2 is 0.955 bits per heavy atom. The van der Waals surface area contributed by atoms with Crippen LogP contribution in [0, 0.1) is 0 Å². The smallest absolute Gasteiger partial charge is 0.399 e. The van der Waals surface area contributed by atoms with E-state index in [2.05, 4.69) is 97.9 Å². The molecule has 0 bridgehead atoms. The molecule has 6 rings (SSSR count). The highest BCUT2D eigenvalue weighted by Crippen LogP contribution is 2.68. The van der Waals surface area contributed by atoms with E-state index in [1.54, 1.807) is 0 Å². The first kappa shape index (κ1) is 32.8. The predicted octanol–water partition coefficient (Wildman–Crippen LogP) is 7.34. The van der Waals surface area contributed by atoms with Crippen LogP contribution >= 0.6 is 7.14 Å². The minimum absolute atomic E-state index is 0.455. The molecule has 2 aromatic carbocycles. The van der Waals surface area contributed by atoms with Gasteiger partial charge in [0.05, 0.1) is 39.0 Å². The van der Waals surface area contributed by atoms with Crippen LogP contribution in [0.4, 0.5) is 0 Å². The Bertz CT molecular complexity index is 1240. The van der Waals surface area contributed by atoms with E-state index in [-0.39, 0.29) is 0 Å². The molecule has 4 fully saturated rings. The minimum Gasteiger partial charge on any atom is -0.399 e. The highest BCUT2D eigenvalue weighted by Gasteiger charge is 2.56. The molecule has 8 heteroatoms. The maximum absolute atomic E-state index is 8.07. The molecular weight excluding hydrogens is 560 g/mol. The van der Waals surface area contributed by atoms with E-state index in [1.165, 1.54) is 75.1 Å². The van der Waals surface area contributed by atoms with E-state index in [9.17, 15) is 0 Å². The molecule has 0 aromatic heterocycles. The topological polar surface area (TPSA) is 36.9 Å². The molecule has 2 saturated heterocycles. The molecule has 2 aromatic rings. The molecule has 0 atom stereocenters. The lowest BCUT2D eigenvalue weighted by Crippen LogP contribution is -2.45. The van der Waals surface area contributed by atoms with Crippen molar-refractivity contribution in [2.75, 3.05) is 0 Å². The summed E-state index contributed by atoms with van der Waals surface area (Å²) in [4.78, 5) is 0. The molecule has 0 unspecified atom stereocenters. The largest absolute Gasteiger partial charge is 0.495 e.